The molecule has 84 valence electrons. The Hall–Kier alpha value is -1.87. The number of hydrogen-bond donors (Lipinski definition) is 0. The van der Waals surface area contributed by atoms with Gasteiger partial charge in [-0.1, -0.05) is 11.3 Å². The van der Waals surface area contributed by atoms with Gasteiger partial charge in [-0.3, -0.25) is 0 Å². The van der Waals surface area contributed by atoms with Crippen molar-refractivity contribution in [3.63, 3.8) is 0 Å². The number of thiazole rings is 1. The van der Waals surface area contributed by atoms with Gasteiger partial charge < -0.3 is 9.47 Å². The quantitative estimate of drug-likeness (QED) is 0.565. The van der Waals surface area contributed by atoms with Crippen LogP contribution in [0.25, 0.3) is 0 Å². The minimum absolute atomic E-state index is 0.305. The molecule has 6 heteroatoms. The predicted octanol–water partition coefficient (Wildman–Crippen LogP) is 0.844. The molecule has 16 heavy (non-hydrogen) atoms. The molecule has 0 aliphatic rings. The molecule has 0 aliphatic heterocycles. The summed E-state index contributed by atoms with van der Waals surface area (Å²) in [6.07, 6.45) is 1.37. The van der Waals surface area contributed by atoms with Crippen molar-refractivity contribution in [2.24, 2.45) is 0 Å². The van der Waals surface area contributed by atoms with E-state index in [1.807, 2.05) is 0 Å². The average molecular weight is 239 g/mol. The molecule has 0 aromatic carbocycles. The van der Waals surface area contributed by atoms with Crippen LogP contribution in [0.5, 0.6) is 0 Å². The molecule has 0 spiro atoms. The number of carbonyl (C=O) groups is 2. The maximum atomic E-state index is 11.3. The predicted molar refractivity (Wildman–Crippen MR) is 57.0 cm³/mol. The highest BCUT2D eigenvalue weighted by Gasteiger charge is 2.10. The first kappa shape index (κ1) is 12.2. The van der Waals surface area contributed by atoms with Crippen molar-refractivity contribution in [1.82, 2.24) is 4.98 Å². The molecule has 1 rings (SSSR count). The molecule has 0 radical (unpaired) electrons. The van der Waals surface area contributed by atoms with E-state index in [2.05, 4.69) is 21.6 Å². The summed E-state index contributed by atoms with van der Waals surface area (Å²) in [7, 11) is 1.24. The molecule has 0 N–H and O–H groups in total. The number of esters is 2. The van der Waals surface area contributed by atoms with Gasteiger partial charge in [-0.05, 0) is 12.8 Å². The van der Waals surface area contributed by atoms with Crippen LogP contribution >= 0.6 is 11.3 Å². The lowest BCUT2D eigenvalue weighted by molar-refractivity contribution is -0.133. The Kier molecular flexibility index (Phi) is 4.48. The fraction of sp³-hybridized carbons (Fsp3) is 0.300. The Bertz CT molecular complexity index is 455. The van der Waals surface area contributed by atoms with Crippen molar-refractivity contribution < 1.29 is 19.1 Å². The van der Waals surface area contributed by atoms with E-state index in [0.717, 1.165) is 11.3 Å². The molecular formula is C10H9NO4S. The van der Waals surface area contributed by atoms with Gasteiger partial charge in [-0.15, -0.1) is 0 Å². The summed E-state index contributed by atoms with van der Waals surface area (Å²) in [6, 6.07) is 0. The number of nitrogens with zero attached hydrogens (tertiary/aromatic N) is 1. The van der Waals surface area contributed by atoms with Gasteiger partial charge in [0.2, 0.25) is 0 Å². The second-order valence-corrected chi connectivity index (χ2v) is 3.52. The Morgan fingerprint density at radius 2 is 2.31 bits per heavy atom. The number of methoxy groups -OCH3 is 1. The highest BCUT2D eigenvalue weighted by Crippen LogP contribution is 2.12. The first-order valence-electron chi connectivity index (χ1n) is 4.40. The molecule has 0 unspecified atom stereocenters. The lowest BCUT2D eigenvalue weighted by Gasteiger charge is -1.95. The number of ether oxygens (including phenoxy) is 2. The SMILES string of the molecule is CCOC(=O)c1cnc(C#CC(=O)OC)s1. The van der Waals surface area contributed by atoms with Gasteiger partial charge in [0.05, 0.1) is 19.9 Å². The molecule has 5 nitrogen and oxygen atoms in total. The van der Waals surface area contributed by atoms with Crippen molar-refractivity contribution in [3.8, 4) is 11.8 Å². The second kappa shape index (κ2) is 5.88. The van der Waals surface area contributed by atoms with Crippen LogP contribution in [0.4, 0.5) is 0 Å². The molecule has 0 amide bonds. The standard InChI is InChI=1S/C10H9NO4S/c1-3-15-10(13)7-6-11-8(16-7)4-5-9(12)14-2/h6H,3H2,1-2H3. The minimum atomic E-state index is -0.645. The van der Waals surface area contributed by atoms with E-state index in [1.165, 1.54) is 13.3 Å². The summed E-state index contributed by atoms with van der Waals surface area (Å²) >= 11 is 1.07. The molecule has 0 saturated carbocycles. The average Bonchev–Trinajstić information content (AvgIpc) is 2.75. The van der Waals surface area contributed by atoms with E-state index in [-0.39, 0.29) is 0 Å². The van der Waals surface area contributed by atoms with Crippen LogP contribution < -0.4 is 0 Å². The molecule has 1 aromatic heterocycles. The largest absolute Gasteiger partial charge is 0.462 e. The summed E-state index contributed by atoms with van der Waals surface area (Å²) in [6.45, 7) is 2.02. The van der Waals surface area contributed by atoms with Crippen molar-refractivity contribution in [3.05, 3.63) is 16.1 Å². The van der Waals surface area contributed by atoms with Gasteiger partial charge in [-0.25, -0.2) is 14.6 Å². The third-order valence-corrected chi connectivity index (χ3v) is 2.33. The minimum Gasteiger partial charge on any atom is -0.462 e. The van der Waals surface area contributed by atoms with E-state index >= 15 is 0 Å². The Labute approximate surface area is 96.4 Å². The van der Waals surface area contributed by atoms with Crippen LogP contribution in [0.1, 0.15) is 21.6 Å². The normalized spacial score (nSPS) is 8.88. The van der Waals surface area contributed by atoms with Crippen LogP contribution in [-0.4, -0.2) is 30.6 Å². The van der Waals surface area contributed by atoms with Gasteiger partial charge in [0.15, 0.2) is 5.01 Å². The monoisotopic (exact) mass is 239 g/mol. The van der Waals surface area contributed by atoms with Gasteiger partial charge >= 0.3 is 11.9 Å². The van der Waals surface area contributed by atoms with Crippen molar-refractivity contribution in [1.29, 1.82) is 0 Å². The lowest BCUT2D eigenvalue weighted by atomic mass is 10.5. The van der Waals surface area contributed by atoms with E-state index in [4.69, 9.17) is 4.74 Å². The highest BCUT2D eigenvalue weighted by atomic mass is 32.1. The second-order valence-electron chi connectivity index (χ2n) is 2.49. The number of carbonyl (C=O) groups excluding carboxylic acids is 2. The zero-order valence-electron chi connectivity index (χ0n) is 8.77. The molecule has 0 bridgehead atoms. The first-order valence-corrected chi connectivity index (χ1v) is 5.22. The summed E-state index contributed by atoms with van der Waals surface area (Å²) < 4.78 is 9.12. The topological polar surface area (TPSA) is 65.5 Å². The molecule has 1 aromatic rings. The highest BCUT2D eigenvalue weighted by molar-refractivity contribution is 7.14. The van der Waals surface area contributed by atoms with Crippen LogP contribution in [0, 0.1) is 11.8 Å². The molecule has 1 heterocycles. The fourth-order valence-electron chi connectivity index (χ4n) is 0.784. The van der Waals surface area contributed by atoms with Crippen LogP contribution in [-0.2, 0) is 14.3 Å². The third kappa shape index (κ3) is 3.37. The Balaban J connectivity index is 2.74. The zero-order valence-corrected chi connectivity index (χ0v) is 9.59. The third-order valence-electron chi connectivity index (χ3n) is 1.44. The molecule has 0 aliphatic carbocycles. The van der Waals surface area contributed by atoms with Gasteiger partial charge in [0.25, 0.3) is 0 Å². The molecule has 0 saturated heterocycles. The van der Waals surface area contributed by atoms with Crippen LogP contribution in [0.2, 0.25) is 0 Å². The smallest absolute Gasteiger partial charge is 0.384 e. The van der Waals surface area contributed by atoms with E-state index in [0.29, 0.717) is 16.5 Å². The Morgan fingerprint density at radius 3 is 2.94 bits per heavy atom. The maximum Gasteiger partial charge on any atom is 0.384 e. The Morgan fingerprint density at radius 1 is 1.56 bits per heavy atom. The maximum absolute atomic E-state index is 11.3. The van der Waals surface area contributed by atoms with Crippen LogP contribution in [0.15, 0.2) is 6.20 Å². The van der Waals surface area contributed by atoms with E-state index < -0.39 is 11.9 Å². The molecule has 0 atom stereocenters. The summed E-state index contributed by atoms with van der Waals surface area (Å²) in [5.41, 5.74) is 0. The summed E-state index contributed by atoms with van der Waals surface area (Å²) in [4.78, 5) is 26.2. The first-order chi connectivity index (χ1) is 7.67. The van der Waals surface area contributed by atoms with Gasteiger partial charge in [0.1, 0.15) is 4.88 Å². The zero-order chi connectivity index (χ0) is 12.0. The van der Waals surface area contributed by atoms with Crippen LogP contribution in [0.3, 0.4) is 0 Å². The summed E-state index contributed by atoms with van der Waals surface area (Å²) in [5.74, 6) is 3.62. The van der Waals surface area contributed by atoms with Crippen molar-refractivity contribution >= 4 is 23.3 Å². The number of aromatic nitrogens is 1. The number of hydrogen-bond acceptors (Lipinski definition) is 6. The molecular weight excluding hydrogens is 230 g/mol. The fourth-order valence-corrected chi connectivity index (χ4v) is 1.45. The van der Waals surface area contributed by atoms with Crippen molar-refractivity contribution in [2.45, 2.75) is 6.92 Å². The summed E-state index contributed by atoms with van der Waals surface area (Å²) in [5, 5.41) is 0.369. The van der Waals surface area contributed by atoms with Gasteiger partial charge in [0, 0.05) is 5.92 Å². The van der Waals surface area contributed by atoms with Crippen molar-refractivity contribution in [2.75, 3.05) is 13.7 Å². The van der Waals surface area contributed by atoms with E-state index in [9.17, 15) is 9.59 Å². The lowest BCUT2D eigenvalue weighted by Crippen LogP contribution is -2.01. The van der Waals surface area contributed by atoms with E-state index in [1.54, 1.807) is 6.92 Å². The molecule has 0 fully saturated rings. The van der Waals surface area contributed by atoms with Gasteiger partial charge in [-0.2, -0.15) is 0 Å². The number of rotatable bonds is 2.